The SMILES string of the molecule is COc1ccc(C(=O)N2CCC[C@H](OCc3nc(C4CC4)no3)C2)cn1. The summed E-state index contributed by atoms with van der Waals surface area (Å²) in [6.45, 7) is 1.56. The average molecular weight is 358 g/mol. The van der Waals surface area contributed by atoms with Crippen LogP contribution in [0.25, 0.3) is 0 Å². The van der Waals surface area contributed by atoms with Gasteiger partial charge in [-0.25, -0.2) is 4.98 Å². The fourth-order valence-corrected chi connectivity index (χ4v) is 3.09. The molecule has 1 amide bonds. The van der Waals surface area contributed by atoms with Gasteiger partial charge in [-0.15, -0.1) is 0 Å². The largest absolute Gasteiger partial charge is 0.481 e. The molecule has 4 rings (SSSR count). The molecule has 0 unspecified atom stereocenters. The zero-order valence-electron chi connectivity index (χ0n) is 14.8. The molecule has 1 saturated carbocycles. The van der Waals surface area contributed by atoms with E-state index in [-0.39, 0.29) is 18.6 Å². The average Bonchev–Trinajstić information content (AvgIpc) is 3.44. The van der Waals surface area contributed by atoms with Gasteiger partial charge >= 0.3 is 0 Å². The van der Waals surface area contributed by atoms with Crippen molar-refractivity contribution in [2.45, 2.75) is 44.3 Å². The number of ether oxygens (including phenoxy) is 2. The Morgan fingerprint density at radius 3 is 2.96 bits per heavy atom. The summed E-state index contributed by atoms with van der Waals surface area (Å²) in [4.78, 5) is 22.9. The van der Waals surface area contributed by atoms with Crippen molar-refractivity contribution >= 4 is 5.91 Å². The molecule has 138 valence electrons. The lowest BCUT2D eigenvalue weighted by atomic mass is 10.1. The fourth-order valence-electron chi connectivity index (χ4n) is 3.09. The molecule has 1 aliphatic carbocycles. The number of carbonyl (C=O) groups is 1. The molecule has 26 heavy (non-hydrogen) atoms. The highest BCUT2D eigenvalue weighted by Crippen LogP contribution is 2.38. The molecule has 0 radical (unpaired) electrons. The number of likely N-dealkylation sites (tertiary alicyclic amines) is 1. The van der Waals surface area contributed by atoms with Gasteiger partial charge in [-0.2, -0.15) is 4.98 Å². The molecule has 1 aliphatic heterocycles. The van der Waals surface area contributed by atoms with E-state index in [0.717, 1.165) is 38.1 Å². The van der Waals surface area contributed by atoms with Crippen LogP contribution in [0.2, 0.25) is 0 Å². The Bertz CT molecular complexity index is 757. The molecule has 2 aliphatic rings. The van der Waals surface area contributed by atoms with Crippen molar-refractivity contribution < 1.29 is 18.8 Å². The highest BCUT2D eigenvalue weighted by atomic mass is 16.5. The van der Waals surface area contributed by atoms with Crippen LogP contribution in [0.5, 0.6) is 5.88 Å². The number of nitrogens with zero attached hydrogens (tertiary/aromatic N) is 4. The van der Waals surface area contributed by atoms with Gasteiger partial charge in [0.2, 0.25) is 5.88 Å². The Labute approximate surface area is 151 Å². The van der Waals surface area contributed by atoms with Crippen LogP contribution in [0.4, 0.5) is 0 Å². The quantitative estimate of drug-likeness (QED) is 0.781. The number of aromatic nitrogens is 3. The van der Waals surface area contributed by atoms with Crippen molar-refractivity contribution in [3.8, 4) is 5.88 Å². The zero-order chi connectivity index (χ0) is 17.9. The predicted molar refractivity (Wildman–Crippen MR) is 90.8 cm³/mol. The first-order valence-electron chi connectivity index (χ1n) is 8.96. The first-order valence-corrected chi connectivity index (χ1v) is 8.96. The number of hydrogen-bond acceptors (Lipinski definition) is 7. The van der Waals surface area contributed by atoms with Gasteiger partial charge in [0.25, 0.3) is 11.8 Å². The summed E-state index contributed by atoms with van der Waals surface area (Å²) < 4.78 is 16.2. The number of pyridine rings is 1. The van der Waals surface area contributed by atoms with E-state index in [2.05, 4.69) is 15.1 Å². The van der Waals surface area contributed by atoms with Crippen LogP contribution >= 0.6 is 0 Å². The van der Waals surface area contributed by atoms with Crippen LogP contribution in [0, 0.1) is 0 Å². The van der Waals surface area contributed by atoms with Gasteiger partial charge in [-0.3, -0.25) is 4.79 Å². The van der Waals surface area contributed by atoms with E-state index in [1.807, 2.05) is 0 Å². The smallest absolute Gasteiger partial charge is 0.255 e. The van der Waals surface area contributed by atoms with Gasteiger partial charge in [0.05, 0.1) is 18.8 Å². The van der Waals surface area contributed by atoms with Crippen molar-refractivity contribution in [1.82, 2.24) is 20.0 Å². The molecule has 0 spiro atoms. The summed E-state index contributed by atoms with van der Waals surface area (Å²) in [6, 6.07) is 3.43. The van der Waals surface area contributed by atoms with Crippen LogP contribution in [0.3, 0.4) is 0 Å². The second-order valence-corrected chi connectivity index (χ2v) is 6.74. The van der Waals surface area contributed by atoms with Gasteiger partial charge in [0.15, 0.2) is 5.82 Å². The maximum Gasteiger partial charge on any atom is 0.255 e. The zero-order valence-corrected chi connectivity index (χ0v) is 14.8. The minimum atomic E-state index is -0.0396. The van der Waals surface area contributed by atoms with Gasteiger partial charge in [0.1, 0.15) is 6.61 Å². The van der Waals surface area contributed by atoms with Crippen molar-refractivity contribution in [1.29, 1.82) is 0 Å². The summed E-state index contributed by atoms with van der Waals surface area (Å²) >= 11 is 0. The molecular formula is C18H22N4O4. The first-order chi connectivity index (χ1) is 12.7. The topological polar surface area (TPSA) is 90.6 Å². The predicted octanol–water partition coefficient (Wildman–Crippen LogP) is 2.17. The third kappa shape index (κ3) is 3.85. The normalized spacial score (nSPS) is 20.2. The Hall–Kier alpha value is -2.48. The second kappa shape index (κ2) is 7.41. The summed E-state index contributed by atoms with van der Waals surface area (Å²) in [5.41, 5.74) is 0.553. The van der Waals surface area contributed by atoms with Gasteiger partial charge in [-0.1, -0.05) is 5.16 Å². The molecule has 2 fully saturated rings. The Morgan fingerprint density at radius 2 is 2.23 bits per heavy atom. The Balaban J connectivity index is 1.31. The fraction of sp³-hybridized carbons (Fsp3) is 0.556. The highest BCUT2D eigenvalue weighted by Gasteiger charge is 2.29. The van der Waals surface area contributed by atoms with E-state index < -0.39 is 0 Å². The molecule has 1 atom stereocenters. The van der Waals surface area contributed by atoms with E-state index in [0.29, 0.717) is 29.8 Å². The summed E-state index contributed by atoms with van der Waals surface area (Å²) in [6.07, 6.45) is 5.60. The molecule has 3 heterocycles. The van der Waals surface area contributed by atoms with Crippen LogP contribution < -0.4 is 4.74 Å². The van der Waals surface area contributed by atoms with Crippen LogP contribution in [-0.2, 0) is 11.3 Å². The van der Waals surface area contributed by atoms with Crippen molar-refractivity contribution in [3.63, 3.8) is 0 Å². The maximum absolute atomic E-state index is 12.7. The molecule has 0 bridgehead atoms. The number of methoxy groups -OCH3 is 1. The Kier molecular flexibility index (Phi) is 4.83. The van der Waals surface area contributed by atoms with Crippen LogP contribution in [-0.4, -0.2) is 52.2 Å². The number of piperidine rings is 1. The van der Waals surface area contributed by atoms with Crippen molar-refractivity contribution in [2.75, 3.05) is 20.2 Å². The third-order valence-corrected chi connectivity index (χ3v) is 4.73. The van der Waals surface area contributed by atoms with E-state index in [1.54, 1.807) is 30.3 Å². The lowest BCUT2D eigenvalue weighted by Crippen LogP contribution is -2.43. The van der Waals surface area contributed by atoms with Gasteiger partial charge in [0, 0.05) is 31.3 Å². The second-order valence-electron chi connectivity index (χ2n) is 6.74. The Morgan fingerprint density at radius 1 is 1.35 bits per heavy atom. The lowest BCUT2D eigenvalue weighted by Gasteiger charge is -2.32. The molecule has 0 N–H and O–H groups in total. The van der Waals surface area contributed by atoms with Crippen molar-refractivity contribution in [2.24, 2.45) is 0 Å². The standard InChI is InChI=1S/C18H22N4O4/c1-24-15-7-6-13(9-19-15)18(23)22-8-2-3-14(10-22)25-11-16-20-17(21-26-16)12-4-5-12/h6-7,9,12,14H,2-5,8,10-11H2,1H3/t14-/m0/s1. The lowest BCUT2D eigenvalue weighted by molar-refractivity contribution is -0.0153. The number of carbonyl (C=O) groups excluding carboxylic acids is 1. The number of hydrogen-bond donors (Lipinski definition) is 0. The van der Waals surface area contributed by atoms with Crippen LogP contribution in [0.15, 0.2) is 22.9 Å². The molecule has 1 saturated heterocycles. The van der Waals surface area contributed by atoms with E-state index in [4.69, 9.17) is 14.0 Å². The minimum Gasteiger partial charge on any atom is -0.481 e. The highest BCUT2D eigenvalue weighted by molar-refractivity contribution is 5.94. The monoisotopic (exact) mass is 358 g/mol. The van der Waals surface area contributed by atoms with Crippen molar-refractivity contribution in [3.05, 3.63) is 35.6 Å². The summed E-state index contributed by atoms with van der Waals surface area (Å²) in [7, 11) is 1.55. The van der Waals surface area contributed by atoms with E-state index in [1.165, 1.54) is 0 Å². The van der Waals surface area contributed by atoms with E-state index >= 15 is 0 Å². The van der Waals surface area contributed by atoms with Gasteiger partial charge < -0.3 is 18.9 Å². The summed E-state index contributed by atoms with van der Waals surface area (Å²) in [5, 5.41) is 3.99. The third-order valence-electron chi connectivity index (χ3n) is 4.73. The molecule has 2 aromatic heterocycles. The first kappa shape index (κ1) is 17.0. The van der Waals surface area contributed by atoms with E-state index in [9.17, 15) is 4.79 Å². The maximum atomic E-state index is 12.7. The molecule has 0 aromatic carbocycles. The number of amides is 1. The number of rotatable bonds is 6. The molecule has 2 aromatic rings. The molecular weight excluding hydrogens is 336 g/mol. The summed E-state index contributed by atoms with van der Waals surface area (Å²) in [5.74, 6) is 2.22. The minimum absolute atomic E-state index is 0.0322. The van der Waals surface area contributed by atoms with Crippen LogP contribution in [0.1, 0.15) is 53.7 Å². The molecule has 8 nitrogen and oxygen atoms in total. The molecule has 8 heteroatoms. The van der Waals surface area contributed by atoms with Gasteiger partial charge in [-0.05, 0) is 31.7 Å².